The number of benzene rings is 2. The molecule has 0 fully saturated rings. The van der Waals surface area contributed by atoms with E-state index in [1.165, 1.54) is 18.3 Å². The van der Waals surface area contributed by atoms with Gasteiger partial charge in [-0.3, -0.25) is 4.79 Å². The second-order valence-corrected chi connectivity index (χ2v) is 6.73. The van der Waals surface area contributed by atoms with Crippen LogP contribution in [0.4, 0.5) is 8.78 Å². The number of carbonyl (C=O) groups is 1. The number of rotatable bonds is 4. The number of para-hydroxylation sites is 1. The largest absolute Gasteiger partial charge is 0.347 e. The number of amides is 1. The summed E-state index contributed by atoms with van der Waals surface area (Å²) in [4.78, 5) is 12.2. The number of halogens is 4. The zero-order valence-corrected chi connectivity index (χ0v) is 15.6. The first-order chi connectivity index (χ1) is 12.0. The lowest BCUT2D eigenvalue weighted by Gasteiger charge is -2.07. The van der Waals surface area contributed by atoms with Gasteiger partial charge in [0.1, 0.15) is 5.69 Å². The van der Waals surface area contributed by atoms with Gasteiger partial charge >= 0.3 is 0 Å². The Bertz CT molecular complexity index is 925. The molecule has 0 aliphatic rings. The van der Waals surface area contributed by atoms with Crippen molar-refractivity contribution < 1.29 is 13.6 Å². The monoisotopic (exact) mass is 473 g/mol. The predicted octanol–water partition coefficient (Wildman–Crippen LogP) is 4.34. The van der Waals surface area contributed by atoms with Crippen molar-refractivity contribution in [1.82, 2.24) is 15.1 Å². The summed E-state index contributed by atoms with van der Waals surface area (Å²) in [6.07, 6.45) is 1.33. The van der Waals surface area contributed by atoms with E-state index in [4.69, 9.17) is 11.6 Å². The standard InChI is InChI=1S/C17H11ClF2IN3O/c18-11-4-5-14(21)10(8-11)9-22-17(25)15-6-7-24(23-15)16-12(19)2-1-3-13(16)20/h1-8H,9H2,(H,22,25). The van der Waals surface area contributed by atoms with Crippen molar-refractivity contribution in [3.63, 3.8) is 0 Å². The van der Waals surface area contributed by atoms with Gasteiger partial charge in [0, 0.05) is 21.3 Å². The Kier molecular flexibility index (Phi) is 5.33. The fraction of sp³-hybridized carbons (Fsp3) is 0.0588. The lowest BCUT2D eigenvalue weighted by Crippen LogP contribution is -2.24. The summed E-state index contributed by atoms with van der Waals surface area (Å²) in [7, 11) is 0. The van der Waals surface area contributed by atoms with E-state index in [0.29, 0.717) is 5.02 Å². The third-order valence-electron chi connectivity index (χ3n) is 3.44. The third kappa shape index (κ3) is 3.98. The van der Waals surface area contributed by atoms with Crippen LogP contribution in [0.5, 0.6) is 0 Å². The number of nitrogens with one attached hydrogen (secondary N) is 1. The second kappa shape index (κ2) is 7.49. The lowest BCUT2D eigenvalue weighted by molar-refractivity contribution is 0.0945. The first kappa shape index (κ1) is 17.8. The number of hydrogen-bond acceptors (Lipinski definition) is 2. The average molecular weight is 474 g/mol. The lowest BCUT2D eigenvalue weighted by atomic mass is 10.2. The molecule has 1 amide bonds. The molecule has 0 unspecified atom stereocenters. The molecule has 0 spiro atoms. The van der Waals surface area contributed by atoms with E-state index in [9.17, 15) is 13.6 Å². The van der Waals surface area contributed by atoms with Crippen LogP contribution >= 0.6 is 34.2 Å². The van der Waals surface area contributed by atoms with Crippen LogP contribution in [-0.2, 0) is 6.54 Å². The van der Waals surface area contributed by atoms with Gasteiger partial charge in [0.05, 0.1) is 0 Å². The van der Waals surface area contributed by atoms with Crippen LogP contribution in [0, 0.1) is 15.2 Å². The van der Waals surface area contributed by atoms with Gasteiger partial charge in [0.2, 0.25) is 0 Å². The summed E-state index contributed by atoms with van der Waals surface area (Å²) in [6, 6.07) is 10.3. The highest BCUT2D eigenvalue weighted by Crippen LogP contribution is 2.19. The molecule has 4 nitrogen and oxygen atoms in total. The maximum atomic E-state index is 13.8. The molecular weight excluding hydrogens is 463 g/mol. The molecule has 0 radical (unpaired) electrons. The Hall–Kier alpha value is -2.00. The van der Waals surface area contributed by atoms with E-state index in [1.807, 2.05) is 6.07 Å². The van der Waals surface area contributed by atoms with Gasteiger partial charge in [-0.25, -0.2) is 13.5 Å². The number of nitrogens with zero attached hydrogens (tertiary/aromatic N) is 2. The second-order valence-electron chi connectivity index (χ2n) is 5.13. The molecule has 3 aromatic rings. The summed E-state index contributed by atoms with van der Waals surface area (Å²) in [5, 5.41) is 7.24. The minimum absolute atomic E-state index is 0.0553. The van der Waals surface area contributed by atoms with Crippen molar-refractivity contribution in [3.05, 3.63) is 80.1 Å². The van der Waals surface area contributed by atoms with E-state index < -0.39 is 17.5 Å². The Labute approximate surface area is 160 Å². The first-order valence-corrected chi connectivity index (χ1v) is 8.63. The van der Waals surface area contributed by atoms with Crippen LogP contribution in [0.25, 0.3) is 5.69 Å². The highest BCUT2D eigenvalue weighted by atomic mass is 127. The van der Waals surface area contributed by atoms with Crippen LogP contribution in [0.2, 0.25) is 5.02 Å². The molecule has 2 aromatic carbocycles. The Morgan fingerprint density at radius 1 is 1.20 bits per heavy atom. The van der Waals surface area contributed by atoms with Crippen LogP contribution in [-0.4, -0.2) is 15.7 Å². The zero-order valence-electron chi connectivity index (χ0n) is 12.6. The molecule has 0 saturated heterocycles. The molecule has 0 atom stereocenters. The SMILES string of the molecule is O=C(NCc1cc(Cl)ccc1I)c1ccn(-c2c(F)cccc2F)n1. The quantitative estimate of drug-likeness (QED) is 0.573. The number of hydrogen-bond donors (Lipinski definition) is 1. The van der Waals surface area contributed by atoms with Crippen molar-refractivity contribution in [1.29, 1.82) is 0 Å². The summed E-state index contributed by atoms with van der Waals surface area (Å²) in [5.74, 6) is -1.97. The van der Waals surface area contributed by atoms with E-state index >= 15 is 0 Å². The molecule has 0 bridgehead atoms. The maximum Gasteiger partial charge on any atom is 0.272 e. The molecule has 128 valence electrons. The number of carbonyl (C=O) groups excluding carboxylic acids is 1. The molecule has 1 heterocycles. The third-order valence-corrected chi connectivity index (χ3v) is 4.72. The predicted molar refractivity (Wildman–Crippen MR) is 98.8 cm³/mol. The topological polar surface area (TPSA) is 46.9 Å². The summed E-state index contributed by atoms with van der Waals surface area (Å²) >= 11 is 8.09. The van der Waals surface area contributed by atoms with Gasteiger partial charge in [0.25, 0.3) is 5.91 Å². The van der Waals surface area contributed by atoms with Gasteiger partial charge in [0.15, 0.2) is 17.3 Å². The van der Waals surface area contributed by atoms with Gasteiger partial charge in [-0.15, -0.1) is 0 Å². The maximum absolute atomic E-state index is 13.8. The van der Waals surface area contributed by atoms with E-state index in [-0.39, 0.29) is 17.9 Å². The van der Waals surface area contributed by atoms with Crippen molar-refractivity contribution in [3.8, 4) is 5.69 Å². The van der Waals surface area contributed by atoms with E-state index in [1.54, 1.807) is 12.1 Å². The Balaban J connectivity index is 1.76. The summed E-state index contributed by atoms with van der Waals surface area (Å²) in [5.41, 5.74) is 0.589. The van der Waals surface area contributed by atoms with Crippen molar-refractivity contribution in [2.75, 3.05) is 0 Å². The molecule has 25 heavy (non-hydrogen) atoms. The summed E-state index contributed by atoms with van der Waals surface area (Å²) in [6.45, 7) is 0.262. The van der Waals surface area contributed by atoms with Crippen LogP contribution in [0.3, 0.4) is 0 Å². The van der Waals surface area contributed by atoms with Crippen molar-refractivity contribution in [2.45, 2.75) is 6.54 Å². The minimum Gasteiger partial charge on any atom is -0.347 e. The molecule has 0 aliphatic heterocycles. The van der Waals surface area contributed by atoms with E-state index in [0.717, 1.165) is 25.9 Å². The molecule has 0 aliphatic carbocycles. The van der Waals surface area contributed by atoms with E-state index in [2.05, 4.69) is 33.0 Å². The number of aromatic nitrogens is 2. The molecule has 8 heteroatoms. The average Bonchev–Trinajstić information content (AvgIpc) is 3.05. The smallest absolute Gasteiger partial charge is 0.272 e. The first-order valence-electron chi connectivity index (χ1n) is 7.18. The van der Waals surface area contributed by atoms with Gasteiger partial charge < -0.3 is 5.32 Å². The van der Waals surface area contributed by atoms with Crippen molar-refractivity contribution >= 4 is 40.1 Å². The normalized spacial score (nSPS) is 10.7. The van der Waals surface area contributed by atoms with Gasteiger partial charge in [-0.1, -0.05) is 17.7 Å². The fourth-order valence-electron chi connectivity index (χ4n) is 2.22. The van der Waals surface area contributed by atoms with Crippen LogP contribution in [0.15, 0.2) is 48.7 Å². The van der Waals surface area contributed by atoms with Crippen LogP contribution in [0.1, 0.15) is 16.1 Å². The molecule has 3 rings (SSSR count). The zero-order chi connectivity index (χ0) is 18.0. The summed E-state index contributed by atoms with van der Waals surface area (Å²) < 4.78 is 29.5. The Morgan fingerprint density at radius 3 is 2.64 bits per heavy atom. The molecule has 1 N–H and O–H groups in total. The molecule has 0 saturated carbocycles. The molecular formula is C17H11ClF2IN3O. The van der Waals surface area contributed by atoms with Crippen molar-refractivity contribution in [2.24, 2.45) is 0 Å². The molecule has 1 aromatic heterocycles. The van der Waals surface area contributed by atoms with Gasteiger partial charge in [-0.05, 0) is 64.6 Å². The highest BCUT2D eigenvalue weighted by Gasteiger charge is 2.15. The highest BCUT2D eigenvalue weighted by molar-refractivity contribution is 14.1. The fourth-order valence-corrected chi connectivity index (χ4v) is 2.94. The van der Waals surface area contributed by atoms with Crippen LogP contribution < -0.4 is 5.32 Å². The van der Waals surface area contributed by atoms with Gasteiger partial charge in [-0.2, -0.15) is 5.10 Å². The minimum atomic E-state index is -0.761. The Morgan fingerprint density at radius 2 is 1.92 bits per heavy atom.